The number of methoxy groups -OCH3 is 1. The quantitative estimate of drug-likeness (QED) is 0.398. The molecular weight excluding hydrogens is 404 g/mol. The van der Waals surface area contributed by atoms with Crippen LogP contribution in [0, 0.1) is 0 Å². The fraction of sp³-hybridized carbons (Fsp3) is 0.0500. The summed E-state index contributed by atoms with van der Waals surface area (Å²) in [6.45, 7) is 0. The van der Waals surface area contributed by atoms with E-state index in [0.717, 1.165) is 10.9 Å². The van der Waals surface area contributed by atoms with Crippen molar-refractivity contribution in [3.63, 3.8) is 0 Å². The molecule has 0 fully saturated rings. The van der Waals surface area contributed by atoms with Crippen molar-refractivity contribution >= 4 is 43.3 Å². The maximum atomic E-state index is 13.0. The molecule has 3 N–H and O–H groups in total. The average Bonchev–Trinajstić information content (AvgIpc) is 3.41. The molecule has 0 atom stereocenters. The topological polar surface area (TPSA) is 126 Å². The van der Waals surface area contributed by atoms with Crippen molar-refractivity contribution in [1.82, 2.24) is 25.1 Å². The van der Waals surface area contributed by atoms with Crippen LogP contribution in [0.5, 0.6) is 5.75 Å². The predicted molar refractivity (Wildman–Crippen MR) is 112 cm³/mol. The number of hydrogen-bond donors (Lipinski definition) is 3. The summed E-state index contributed by atoms with van der Waals surface area (Å²) in [5.74, 6) is 1.04. The fourth-order valence-electron chi connectivity index (χ4n) is 3.25. The molecule has 0 amide bonds. The maximum Gasteiger partial charge on any atom is 0.221 e. The van der Waals surface area contributed by atoms with E-state index in [-0.39, 0.29) is 9.92 Å². The summed E-state index contributed by atoms with van der Waals surface area (Å²) in [6.07, 6.45) is 3.07. The van der Waals surface area contributed by atoms with Crippen LogP contribution in [0.2, 0.25) is 0 Å². The van der Waals surface area contributed by atoms with Crippen LogP contribution in [0.15, 0.2) is 71.0 Å². The summed E-state index contributed by atoms with van der Waals surface area (Å²) in [6, 6.07) is 13.5. The molecular formula is C20H16N6O3S. The van der Waals surface area contributed by atoms with Gasteiger partial charge in [-0.3, -0.25) is 5.10 Å². The number of hydrogen-bond acceptors (Lipinski definition) is 7. The number of nitrogens with zero attached hydrogens (tertiary/aromatic N) is 3. The summed E-state index contributed by atoms with van der Waals surface area (Å²) >= 11 is 0. The number of sulfone groups is 1. The van der Waals surface area contributed by atoms with Gasteiger partial charge in [0.05, 0.1) is 34.8 Å². The van der Waals surface area contributed by atoms with Crippen LogP contribution in [-0.2, 0) is 9.84 Å². The van der Waals surface area contributed by atoms with Crippen molar-refractivity contribution in [2.75, 3.05) is 12.4 Å². The number of aromatic nitrogens is 5. The minimum absolute atomic E-state index is 0.0458. The second-order valence-corrected chi connectivity index (χ2v) is 8.49. The van der Waals surface area contributed by atoms with E-state index in [1.54, 1.807) is 43.6 Å². The van der Waals surface area contributed by atoms with Gasteiger partial charge in [0.1, 0.15) is 28.6 Å². The number of benzene rings is 2. The number of aromatic amines is 2. The minimum Gasteiger partial charge on any atom is -0.494 e. The van der Waals surface area contributed by atoms with Crippen molar-refractivity contribution in [1.29, 1.82) is 0 Å². The Kier molecular flexibility index (Phi) is 4.14. The highest BCUT2D eigenvalue weighted by Crippen LogP contribution is 2.34. The molecule has 5 rings (SSSR count). The van der Waals surface area contributed by atoms with E-state index >= 15 is 0 Å². The molecule has 0 aliphatic heterocycles. The minimum atomic E-state index is -3.71. The van der Waals surface area contributed by atoms with E-state index in [0.29, 0.717) is 28.3 Å². The number of fused-ring (bicyclic) bond motifs is 2. The highest BCUT2D eigenvalue weighted by Gasteiger charge is 2.21. The number of nitrogens with one attached hydrogen (secondary N) is 3. The first kappa shape index (κ1) is 18.1. The number of ether oxygens (including phenoxy) is 1. The molecule has 2 aromatic carbocycles. The second kappa shape index (κ2) is 6.85. The lowest BCUT2D eigenvalue weighted by Gasteiger charge is -2.11. The van der Waals surface area contributed by atoms with Crippen molar-refractivity contribution < 1.29 is 13.2 Å². The Morgan fingerprint density at radius 1 is 1.07 bits per heavy atom. The van der Waals surface area contributed by atoms with Crippen molar-refractivity contribution in [3.05, 3.63) is 61.1 Å². The summed E-state index contributed by atoms with van der Waals surface area (Å²) in [7, 11) is -2.14. The van der Waals surface area contributed by atoms with Crippen LogP contribution in [0.1, 0.15) is 0 Å². The van der Waals surface area contributed by atoms with Crippen LogP contribution in [0.3, 0.4) is 0 Å². The molecule has 10 heteroatoms. The Balaban J connectivity index is 1.60. The SMILES string of the molecule is COc1cc2[nH]ncc2cc1Nc1ncnc2[nH]c(S(=O)(=O)c3ccccc3)cc12. The molecule has 150 valence electrons. The third-order valence-corrected chi connectivity index (χ3v) is 6.45. The Bertz CT molecular complexity index is 1470. The van der Waals surface area contributed by atoms with E-state index in [2.05, 4.69) is 30.5 Å². The highest BCUT2D eigenvalue weighted by molar-refractivity contribution is 7.91. The Morgan fingerprint density at radius 2 is 1.90 bits per heavy atom. The van der Waals surface area contributed by atoms with Gasteiger partial charge in [0, 0.05) is 11.5 Å². The number of H-pyrrole nitrogens is 2. The molecule has 5 aromatic rings. The zero-order chi connectivity index (χ0) is 20.7. The Hall–Kier alpha value is -3.92. The molecule has 0 saturated heterocycles. The van der Waals surface area contributed by atoms with Crippen LogP contribution in [0.4, 0.5) is 11.5 Å². The largest absolute Gasteiger partial charge is 0.494 e. The highest BCUT2D eigenvalue weighted by atomic mass is 32.2. The van der Waals surface area contributed by atoms with Crippen molar-refractivity contribution in [3.8, 4) is 5.75 Å². The van der Waals surface area contributed by atoms with Gasteiger partial charge in [-0.15, -0.1) is 0 Å². The molecule has 3 heterocycles. The van der Waals surface area contributed by atoms with Crippen molar-refractivity contribution in [2.45, 2.75) is 9.92 Å². The molecule has 0 unspecified atom stereocenters. The van der Waals surface area contributed by atoms with Gasteiger partial charge in [-0.2, -0.15) is 5.10 Å². The molecule has 0 aliphatic rings. The molecule has 0 spiro atoms. The summed E-state index contributed by atoms with van der Waals surface area (Å²) < 4.78 is 31.4. The zero-order valence-electron chi connectivity index (χ0n) is 15.7. The molecule has 30 heavy (non-hydrogen) atoms. The van der Waals surface area contributed by atoms with Gasteiger partial charge in [0.2, 0.25) is 9.84 Å². The van der Waals surface area contributed by atoms with E-state index < -0.39 is 9.84 Å². The Labute approximate surface area is 171 Å². The van der Waals surface area contributed by atoms with E-state index in [1.165, 1.54) is 12.4 Å². The van der Waals surface area contributed by atoms with E-state index in [9.17, 15) is 8.42 Å². The molecule has 0 aliphatic carbocycles. The van der Waals surface area contributed by atoms with Gasteiger partial charge in [-0.25, -0.2) is 18.4 Å². The maximum absolute atomic E-state index is 13.0. The lowest BCUT2D eigenvalue weighted by atomic mass is 10.2. The van der Waals surface area contributed by atoms with Gasteiger partial charge in [-0.05, 0) is 24.3 Å². The molecule has 0 radical (unpaired) electrons. The summed E-state index contributed by atoms with van der Waals surface area (Å²) in [4.78, 5) is 11.6. The normalized spacial score (nSPS) is 11.8. The lowest BCUT2D eigenvalue weighted by Crippen LogP contribution is -2.01. The predicted octanol–water partition coefficient (Wildman–Crippen LogP) is 3.42. The zero-order valence-corrected chi connectivity index (χ0v) is 16.6. The summed E-state index contributed by atoms with van der Waals surface area (Å²) in [5.41, 5.74) is 1.91. The van der Waals surface area contributed by atoms with Crippen LogP contribution >= 0.6 is 0 Å². The monoisotopic (exact) mass is 420 g/mol. The fourth-order valence-corrected chi connectivity index (χ4v) is 4.53. The summed E-state index contributed by atoms with van der Waals surface area (Å²) in [5, 5.41) is 11.6. The third kappa shape index (κ3) is 2.94. The first-order chi connectivity index (χ1) is 14.6. The lowest BCUT2D eigenvalue weighted by molar-refractivity contribution is 0.417. The first-order valence-corrected chi connectivity index (χ1v) is 10.5. The van der Waals surface area contributed by atoms with Crippen molar-refractivity contribution in [2.24, 2.45) is 0 Å². The molecule has 0 bridgehead atoms. The Morgan fingerprint density at radius 3 is 2.70 bits per heavy atom. The number of rotatable bonds is 5. The van der Waals surface area contributed by atoms with Gasteiger partial charge in [0.25, 0.3) is 0 Å². The van der Waals surface area contributed by atoms with E-state index in [1.807, 2.05) is 12.1 Å². The van der Waals surface area contributed by atoms with Gasteiger partial charge in [0.15, 0.2) is 0 Å². The molecule has 0 saturated carbocycles. The van der Waals surface area contributed by atoms with Crippen LogP contribution < -0.4 is 10.1 Å². The standard InChI is InChI=1S/C20H16N6O3S/c1-29-17-9-15-12(10-23-26-15)7-16(17)24-19-14-8-18(25-20(14)22-11-21-19)30(27,28)13-5-3-2-4-6-13/h2-11H,1H3,(H,23,26)(H2,21,22,24,25). The van der Waals surface area contributed by atoms with Gasteiger partial charge >= 0.3 is 0 Å². The smallest absolute Gasteiger partial charge is 0.221 e. The first-order valence-electron chi connectivity index (χ1n) is 8.98. The average molecular weight is 420 g/mol. The van der Waals surface area contributed by atoms with Crippen LogP contribution in [0.25, 0.3) is 21.9 Å². The third-order valence-electron chi connectivity index (χ3n) is 4.76. The number of anilines is 2. The molecule has 9 nitrogen and oxygen atoms in total. The second-order valence-electron chi connectivity index (χ2n) is 6.57. The van der Waals surface area contributed by atoms with E-state index in [4.69, 9.17) is 4.74 Å². The van der Waals surface area contributed by atoms with Crippen LogP contribution in [-0.4, -0.2) is 40.7 Å². The molecule has 3 aromatic heterocycles. The van der Waals surface area contributed by atoms with Gasteiger partial charge < -0.3 is 15.0 Å². The van der Waals surface area contributed by atoms with Gasteiger partial charge in [-0.1, -0.05) is 18.2 Å².